The minimum absolute atomic E-state index is 0.0725. The first-order valence-corrected chi connectivity index (χ1v) is 8.25. The fraction of sp³-hybridized carbons (Fsp3) is 0.222. The Kier molecular flexibility index (Phi) is 4.55. The van der Waals surface area contributed by atoms with Crippen LogP contribution in [0.5, 0.6) is 0 Å². The molecule has 0 unspecified atom stereocenters. The highest BCUT2D eigenvalue weighted by Crippen LogP contribution is 2.24. The van der Waals surface area contributed by atoms with Crippen LogP contribution in [0, 0.1) is 24.0 Å². The number of aromatic nitrogens is 3. The number of hydrogen-bond donors (Lipinski definition) is 1. The molecule has 28 heavy (non-hydrogen) atoms. The van der Waals surface area contributed by atoms with Crippen LogP contribution in [0.25, 0.3) is 11.0 Å². The van der Waals surface area contributed by atoms with E-state index >= 15 is 0 Å². The molecule has 3 rings (SSSR count). The van der Waals surface area contributed by atoms with Crippen molar-refractivity contribution in [2.24, 2.45) is 14.1 Å². The van der Waals surface area contributed by atoms with Crippen LogP contribution in [0.4, 0.5) is 11.4 Å². The summed E-state index contributed by atoms with van der Waals surface area (Å²) in [4.78, 5) is 52.2. The number of benzene rings is 1. The number of amides is 1. The van der Waals surface area contributed by atoms with Gasteiger partial charge in [-0.3, -0.25) is 28.8 Å². The molecule has 2 aromatic heterocycles. The van der Waals surface area contributed by atoms with Crippen molar-refractivity contribution in [1.82, 2.24) is 14.1 Å². The van der Waals surface area contributed by atoms with Crippen LogP contribution in [0.1, 0.15) is 21.5 Å². The summed E-state index contributed by atoms with van der Waals surface area (Å²) in [6.07, 6.45) is 1.44. The number of rotatable bonds is 3. The van der Waals surface area contributed by atoms with E-state index in [9.17, 15) is 24.5 Å². The van der Waals surface area contributed by atoms with Gasteiger partial charge in [0.25, 0.3) is 17.2 Å². The molecule has 0 aliphatic carbocycles. The van der Waals surface area contributed by atoms with Gasteiger partial charge in [-0.1, -0.05) is 6.07 Å². The Bertz CT molecular complexity index is 1270. The summed E-state index contributed by atoms with van der Waals surface area (Å²) in [5.41, 5.74) is 0.0258. The van der Waals surface area contributed by atoms with Gasteiger partial charge >= 0.3 is 5.69 Å². The summed E-state index contributed by atoms with van der Waals surface area (Å²) >= 11 is 0. The Hall–Kier alpha value is -3.82. The summed E-state index contributed by atoms with van der Waals surface area (Å²) in [6.45, 7) is 3.23. The van der Waals surface area contributed by atoms with Crippen molar-refractivity contribution >= 4 is 28.3 Å². The molecule has 0 saturated carbocycles. The summed E-state index contributed by atoms with van der Waals surface area (Å²) < 4.78 is 2.14. The molecule has 10 heteroatoms. The largest absolute Gasteiger partial charge is 0.332 e. The zero-order chi connectivity index (χ0) is 20.7. The number of fused-ring (bicyclic) bond motifs is 1. The van der Waals surface area contributed by atoms with Gasteiger partial charge in [-0.15, -0.1) is 0 Å². The lowest BCUT2D eigenvalue weighted by Crippen LogP contribution is -2.37. The highest BCUT2D eigenvalue weighted by atomic mass is 16.6. The van der Waals surface area contributed by atoms with E-state index in [0.717, 1.165) is 4.57 Å². The summed E-state index contributed by atoms with van der Waals surface area (Å²) in [7, 11) is 2.81. The molecule has 0 aliphatic rings. The quantitative estimate of drug-likeness (QED) is 0.538. The van der Waals surface area contributed by atoms with Crippen molar-refractivity contribution in [2.75, 3.05) is 5.32 Å². The van der Waals surface area contributed by atoms with E-state index in [-0.39, 0.29) is 28.0 Å². The van der Waals surface area contributed by atoms with Crippen molar-refractivity contribution in [3.63, 3.8) is 0 Å². The zero-order valence-electron chi connectivity index (χ0n) is 15.6. The topological polar surface area (TPSA) is 129 Å². The first kappa shape index (κ1) is 19.0. The van der Waals surface area contributed by atoms with Crippen LogP contribution in [-0.2, 0) is 14.1 Å². The summed E-state index contributed by atoms with van der Waals surface area (Å²) in [5, 5.41) is 13.8. The third-order valence-electron chi connectivity index (χ3n) is 4.57. The smallest absolute Gasteiger partial charge is 0.321 e. The van der Waals surface area contributed by atoms with Crippen molar-refractivity contribution in [1.29, 1.82) is 0 Å². The molecule has 1 aromatic carbocycles. The third kappa shape index (κ3) is 2.94. The normalized spacial score (nSPS) is 10.9. The van der Waals surface area contributed by atoms with Gasteiger partial charge in [-0.25, -0.2) is 9.78 Å². The number of nitrogens with one attached hydrogen (secondary N) is 1. The van der Waals surface area contributed by atoms with Crippen molar-refractivity contribution < 1.29 is 9.72 Å². The molecule has 0 spiro atoms. The minimum atomic E-state index is -0.616. The second-order valence-electron chi connectivity index (χ2n) is 6.43. The molecular weight excluding hydrogens is 366 g/mol. The molecular formula is C18H17N5O5. The maximum absolute atomic E-state index is 12.7. The Labute approximate surface area is 158 Å². The fourth-order valence-electron chi connectivity index (χ4n) is 2.92. The van der Waals surface area contributed by atoms with Crippen LogP contribution in [0.15, 0.2) is 34.0 Å². The average molecular weight is 383 g/mol. The molecule has 1 amide bonds. The van der Waals surface area contributed by atoms with E-state index < -0.39 is 22.1 Å². The molecule has 0 atom stereocenters. The number of carbonyl (C=O) groups is 1. The lowest BCUT2D eigenvalue weighted by molar-refractivity contribution is -0.385. The molecule has 0 fully saturated rings. The summed E-state index contributed by atoms with van der Waals surface area (Å²) in [5.74, 6) is -0.616. The molecule has 144 valence electrons. The van der Waals surface area contributed by atoms with E-state index in [1.165, 1.54) is 43.1 Å². The first-order valence-electron chi connectivity index (χ1n) is 8.25. The zero-order valence-corrected chi connectivity index (χ0v) is 15.6. The number of nitro benzene ring substituents is 1. The van der Waals surface area contributed by atoms with Gasteiger partial charge in [-0.05, 0) is 25.5 Å². The highest BCUT2D eigenvalue weighted by molar-refractivity contribution is 6.09. The Balaban J connectivity index is 2.18. The van der Waals surface area contributed by atoms with Crippen LogP contribution >= 0.6 is 0 Å². The van der Waals surface area contributed by atoms with Crippen LogP contribution in [0.2, 0.25) is 0 Å². The van der Waals surface area contributed by atoms with Crippen LogP contribution in [0.3, 0.4) is 0 Å². The van der Waals surface area contributed by atoms with Crippen LogP contribution in [-0.4, -0.2) is 24.9 Å². The maximum atomic E-state index is 12.7. The maximum Gasteiger partial charge on any atom is 0.332 e. The highest BCUT2D eigenvalue weighted by Gasteiger charge is 2.20. The van der Waals surface area contributed by atoms with Gasteiger partial charge in [0.1, 0.15) is 5.39 Å². The van der Waals surface area contributed by atoms with Crippen molar-refractivity contribution in [3.05, 3.63) is 72.0 Å². The number of nitrogens with zero attached hydrogens (tertiary/aromatic N) is 4. The van der Waals surface area contributed by atoms with Gasteiger partial charge in [0.05, 0.1) is 10.6 Å². The van der Waals surface area contributed by atoms with Gasteiger partial charge in [0.15, 0.2) is 5.65 Å². The third-order valence-corrected chi connectivity index (χ3v) is 4.57. The molecule has 0 radical (unpaired) electrons. The first-order chi connectivity index (χ1) is 13.1. The fourth-order valence-corrected chi connectivity index (χ4v) is 2.92. The van der Waals surface area contributed by atoms with Crippen LogP contribution < -0.4 is 16.6 Å². The lowest BCUT2D eigenvalue weighted by Gasteiger charge is -2.14. The Morgan fingerprint density at radius 3 is 2.46 bits per heavy atom. The number of hydrogen-bond acceptors (Lipinski definition) is 6. The van der Waals surface area contributed by atoms with E-state index in [0.29, 0.717) is 11.1 Å². The second kappa shape index (κ2) is 6.72. The summed E-state index contributed by atoms with van der Waals surface area (Å²) in [6, 6.07) is 4.12. The van der Waals surface area contributed by atoms with Crippen molar-refractivity contribution in [3.8, 4) is 0 Å². The molecule has 10 nitrogen and oxygen atoms in total. The Morgan fingerprint density at radius 2 is 1.82 bits per heavy atom. The van der Waals surface area contributed by atoms with Gasteiger partial charge in [0.2, 0.25) is 0 Å². The van der Waals surface area contributed by atoms with E-state index in [1.54, 1.807) is 13.8 Å². The molecule has 0 saturated heterocycles. The predicted octanol–water partition coefficient (Wildman–Crippen LogP) is 1.41. The molecule has 0 bridgehead atoms. The molecule has 1 N–H and O–H groups in total. The molecule has 2 heterocycles. The number of anilines is 1. The monoisotopic (exact) mass is 383 g/mol. The van der Waals surface area contributed by atoms with Gasteiger partial charge in [0, 0.05) is 37.5 Å². The average Bonchev–Trinajstić information content (AvgIpc) is 2.66. The SMILES string of the molecule is Cc1ccc(C(=O)Nc2c(C)cnc3c2c(=O)n(C)c(=O)n3C)cc1[N+](=O)[O-]. The minimum Gasteiger partial charge on any atom is -0.321 e. The number of pyridine rings is 1. The second-order valence-corrected chi connectivity index (χ2v) is 6.43. The standard InChI is InChI=1S/C18H17N5O5/c1-9-5-6-11(7-12(9)23(27)28)16(24)20-14-10(2)8-19-15-13(14)17(25)22(4)18(26)21(15)3/h5-8H,1-4H3,(H,19,20,24). The predicted molar refractivity (Wildman–Crippen MR) is 103 cm³/mol. The lowest BCUT2D eigenvalue weighted by atomic mass is 10.1. The number of aryl methyl sites for hydroxylation is 3. The molecule has 3 aromatic rings. The van der Waals surface area contributed by atoms with Gasteiger partial charge < -0.3 is 5.32 Å². The van der Waals surface area contributed by atoms with E-state index in [4.69, 9.17) is 0 Å². The number of carbonyl (C=O) groups excluding carboxylic acids is 1. The van der Waals surface area contributed by atoms with E-state index in [2.05, 4.69) is 10.3 Å². The molecule has 0 aliphatic heterocycles. The number of nitro groups is 1. The Morgan fingerprint density at radius 1 is 1.14 bits per heavy atom. The van der Waals surface area contributed by atoms with E-state index in [1.807, 2.05) is 0 Å². The van der Waals surface area contributed by atoms with Crippen molar-refractivity contribution in [2.45, 2.75) is 13.8 Å². The van der Waals surface area contributed by atoms with Gasteiger partial charge in [-0.2, -0.15) is 0 Å².